The Morgan fingerprint density at radius 1 is 1.24 bits per heavy atom. The zero-order valence-corrected chi connectivity index (χ0v) is 18.3. The van der Waals surface area contributed by atoms with E-state index in [1.165, 1.54) is 9.58 Å². The summed E-state index contributed by atoms with van der Waals surface area (Å²) in [5, 5.41) is 13.3. The molecule has 0 saturated carbocycles. The molecule has 11 heteroatoms. The van der Waals surface area contributed by atoms with Crippen molar-refractivity contribution in [3.63, 3.8) is 0 Å². The standard InChI is InChI=1S/C23H21N7O4/c1-13-9-14(7-8-24-13)18-11-29(28-27-18)12-21(32)25-17-4-2-3-15-16(17)10-30(23(15)34)19-5-6-20(31)26-22(19)33/h2-4,7-9,11,19H,5-6,10,12H2,1H3,(H,25,32)(H,26,31,33). The van der Waals surface area contributed by atoms with Gasteiger partial charge in [0.25, 0.3) is 5.91 Å². The topological polar surface area (TPSA) is 139 Å². The maximum Gasteiger partial charge on any atom is 0.255 e. The smallest absolute Gasteiger partial charge is 0.255 e. The largest absolute Gasteiger partial charge is 0.324 e. The molecule has 2 aliphatic heterocycles. The Morgan fingerprint density at radius 2 is 2.09 bits per heavy atom. The van der Waals surface area contributed by atoms with Crippen molar-refractivity contribution in [2.45, 2.75) is 38.9 Å². The average Bonchev–Trinajstić information content (AvgIpc) is 3.39. The minimum atomic E-state index is -0.716. The van der Waals surface area contributed by atoms with Gasteiger partial charge in [-0.3, -0.25) is 29.5 Å². The van der Waals surface area contributed by atoms with Crippen LogP contribution in [0.25, 0.3) is 11.3 Å². The monoisotopic (exact) mass is 459 g/mol. The molecular weight excluding hydrogens is 438 g/mol. The van der Waals surface area contributed by atoms with Crippen LogP contribution in [0, 0.1) is 6.92 Å². The lowest BCUT2D eigenvalue weighted by molar-refractivity contribution is -0.137. The summed E-state index contributed by atoms with van der Waals surface area (Å²) in [6.07, 6.45) is 3.82. The van der Waals surface area contributed by atoms with Crippen molar-refractivity contribution in [3.05, 3.63) is 59.5 Å². The number of piperidine rings is 1. The lowest BCUT2D eigenvalue weighted by Gasteiger charge is -2.29. The molecule has 0 spiro atoms. The summed E-state index contributed by atoms with van der Waals surface area (Å²) in [6, 6.07) is 8.04. The zero-order chi connectivity index (χ0) is 23.8. The highest BCUT2D eigenvalue weighted by molar-refractivity contribution is 6.06. The second-order valence-electron chi connectivity index (χ2n) is 8.27. The normalized spacial score (nSPS) is 17.5. The summed E-state index contributed by atoms with van der Waals surface area (Å²) in [7, 11) is 0. The number of rotatable bonds is 5. The number of carbonyl (C=O) groups excluding carboxylic acids is 4. The van der Waals surface area contributed by atoms with Gasteiger partial charge in [0.15, 0.2) is 0 Å². The van der Waals surface area contributed by atoms with Crippen molar-refractivity contribution < 1.29 is 19.2 Å². The molecule has 0 radical (unpaired) electrons. The molecule has 172 valence electrons. The molecule has 1 fully saturated rings. The average molecular weight is 459 g/mol. The Balaban J connectivity index is 1.29. The Kier molecular flexibility index (Phi) is 5.36. The fourth-order valence-electron chi connectivity index (χ4n) is 4.25. The van der Waals surface area contributed by atoms with Gasteiger partial charge in [-0.2, -0.15) is 0 Å². The van der Waals surface area contributed by atoms with Gasteiger partial charge in [0.2, 0.25) is 17.7 Å². The van der Waals surface area contributed by atoms with Crippen molar-refractivity contribution in [2.24, 2.45) is 0 Å². The predicted molar refractivity (Wildman–Crippen MR) is 119 cm³/mol. The van der Waals surface area contributed by atoms with Gasteiger partial charge < -0.3 is 10.2 Å². The van der Waals surface area contributed by atoms with Gasteiger partial charge >= 0.3 is 0 Å². The van der Waals surface area contributed by atoms with Crippen LogP contribution in [0.3, 0.4) is 0 Å². The molecular formula is C23H21N7O4. The minimum Gasteiger partial charge on any atom is -0.324 e. The highest BCUT2D eigenvalue weighted by Crippen LogP contribution is 2.32. The van der Waals surface area contributed by atoms with E-state index in [0.29, 0.717) is 22.5 Å². The number of carbonyl (C=O) groups is 4. The summed E-state index contributed by atoms with van der Waals surface area (Å²) in [4.78, 5) is 55.0. The maximum absolute atomic E-state index is 12.9. The van der Waals surface area contributed by atoms with Crippen molar-refractivity contribution >= 4 is 29.3 Å². The van der Waals surface area contributed by atoms with Gasteiger partial charge in [-0.15, -0.1) is 5.10 Å². The van der Waals surface area contributed by atoms with E-state index in [9.17, 15) is 19.2 Å². The van der Waals surface area contributed by atoms with E-state index < -0.39 is 11.9 Å². The fourth-order valence-corrected chi connectivity index (χ4v) is 4.25. The van der Waals surface area contributed by atoms with Crippen molar-refractivity contribution in [3.8, 4) is 11.3 Å². The molecule has 2 aromatic heterocycles. The molecule has 3 aromatic rings. The SMILES string of the molecule is Cc1cc(-c2cn(CC(=O)Nc3cccc4c3CN(C3CCC(=O)NC3=O)C4=O)nn2)ccn1. The second-order valence-corrected chi connectivity index (χ2v) is 8.27. The van der Waals surface area contributed by atoms with E-state index in [1.807, 2.05) is 19.1 Å². The van der Waals surface area contributed by atoms with Crippen molar-refractivity contribution in [1.82, 2.24) is 30.2 Å². The number of aromatic nitrogens is 4. The lowest BCUT2D eigenvalue weighted by Crippen LogP contribution is -2.52. The number of nitrogens with one attached hydrogen (secondary N) is 2. The number of benzene rings is 1. The van der Waals surface area contributed by atoms with Crippen LogP contribution in [-0.2, 0) is 27.5 Å². The number of hydrogen-bond donors (Lipinski definition) is 2. The molecule has 0 bridgehead atoms. The first-order valence-electron chi connectivity index (χ1n) is 10.8. The number of fused-ring (bicyclic) bond motifs is 1. The van der Waals surface area contributed by atoms with E-state index in [-0.39, 0.29) is 43.7 Å². The summed E-state index contributed by atoms with van der Waals surface area (Å²) < 4.78 is 1.43. The van der Waals surface area contributed by atoms with Gasteiger partial charge in [0, 0.05) is 47.2 Å². The molecule has 2 N–H and O–H groups in total. The van der Waals surface area contributed by atoms with Gasteiger partial charge in [-0.25, -0.2) is 4.68 Å². The quantitative estimate of drug-likeness (QED) is 0.544. The molecule has 4 amide bonds. The molecule has 4 heterocycles. The number of nitrogens with zero attached hydrogens (tertiary/aromatic N) is 5. The highest BCUT2D eigenvalue weighted by Gasteiger charge is 2.39. The van der Waals surface area contributed by atoms with Gasteiger partial charge in [-0.05, 0) is 37.6 Å². The van der Waals surface area contributed by atoms with Crippen molar-refractivity contribution in [1.29, 1.82) is 0 Å². The Hall–Kier alpha value is -4.41. The highest BCUT2D eigenvalue weighted by atomic mass is 16.2. The van der Waals surface area contributed by atoms with E-state index in [0.717, 1.165) is 11.3 Å². The molecule has 0 aliphatic carbocycles. The molecule has 11 nitrogen and oxygen atoms in total. The first-order chi connectivity index (χ1) is 16.4. The van der Waals surface area contributed by atoms with Gasteiger partial charge in [-0.1, -0.05) is 11.3 Å². The molecule has 5 rings (SSSR count). The predicted octanol–water partition coefficient (Wildman–Crippen LogP) is 1.05. The van der Waals surface area contributed by atoms with Crippen LogP contribution < -0.4 is 10.6 Å². The Labute approximate surface area is 194 Å². The van der Waals surface area contributed by atoms with E-state index >= 15 is 0 Å². The molecule has 2 aliphatic rings. The summed E-state index contributed by atoms with van der Waals surface area (Å²) in [6.45, 7) is 1.99. The first-order valence-corrected chi connectivity index (χ1v) is 10.8. The number of anilines is 1. The van der Waals surface area contributed by atoms with E-state index in [2.05, 4.69) is 25.9 Å². The number of hydrogen-bond acceptors (Lipinski definition) is 7. The third kappa shape index (κ3) is 4.03. The third-order valence-electron chi connectivity index (χ3n) is 5.89. The van der Waals surface area contributed by atoms with Crippen molar-refractivity contribution in [2.75, 3.05) is 5.32 Å². The van der Waals surface area contributed by atoms with Crippen LogP contribution in [0.1, 0.15) is 34.5 Å². The van der Waals surface area contributed by atoms with Crippen LogP contribution >= 0.6 is 0 Å². The second kappa shape index (κ2) is 8.50. The number of aryl methyl sites for hydroxylation is 1. The summed E-state index contributed by atoms with van der Waals surface area (Å²) >= 11 is 0. The molecule has 1 unspecified atom stereocenters. The van der Waals surface area contributed by atoms with Crippen LogP contribution in [0.2, 0.25) is 0 Å². The third-order valence-corrected chi connectivity index (χ3v) is 5.89. The molecule has 34 heavy (non-hydrogen) atoms. The molecule has 1 atom stereocenters. The Bertz CT molecular complexity index is 1330. The summed E-state index contributed by atoms with van der Waals surface area (Å²) in [5.74, 6) is -1.44. The fraction of sp³-hybridized carbons (Fsp3) is 0.261. The molecule has 1 aromatic carbocycles. The number of amides is 4. The Morgan fingerprint density at radius 3 is 2.88 bits per heavy atom. The van der Waals surface area contributed by atoms with Crippen LogP contribution in [-0.4, -0.2) is 54.5 Å². The van der Waals surface area contributed by atoms with Gasteiger partial charge in [0.05, 0.1) is 6.20 Å². The molecule has 1 saturated heterocycles. The van der Waals surface area contributed by atoms with Gasteiger partial charge in [0.1, 0.15) is 18.3 Å². The zero-order valence-electron chi connectivity index (χ0n) is 18.3. The van der Waals surface area contributed by atoms with Crippen LogP contribution in [0.15, 0.2) is 42.7 Å². The van der Waals surface area contributed by atoms with Crippen LogP contribution in [0.4, 0.5) is 5.69 Å². The van der Waals surface area contributed by atoms with E-state index in [4.69, 9.17) is 0 Å². The number of pyridine rings is 1. The lowest BCUT2D eigenvalue weighted by atomic mass is 10.0. The summed E-state index contributed by atoms with van der Waals surface area (Å²) in [5.41, 5.74) is 3.89. The number of imide groups is 1. The maximum atomic E-state index is 12.9. The van der Waals surface area contributed by atoms with Crippen LogP contribution in [0.5, 0.6) is 0 Å². The van der Waals surface area contributed by atoms with E-state index in [1.54, 1.807) is 30.6 Å². The first kappa shape index (κ1) is 21.4. The minimum absolute atomic E-state index is 0.0640.